The van der Waals surface area contributed by atoms with Gasteiger partial charge < -0.3 is 15.3 Å². The fourth-order valence-electron chi connectivity index (χ4n) is 2.77. The molecule has 2 aromatic carbocycles. The first-order valence-electron chi connectivity index (χ1n) is 7.81. The van der Waals surface area contributed by atoms with Gasteiger partial charge in [0.25, 0.3) is 0 Å². The lowest BCUT2D eigenvalue weighted by molar-refractivity contribution is -0.137. The van der Waals surface area contributed by atoms with Gasteiger partial charge in [-0.05, 0) is 42.5 Å². The van der Waals surface area contributed by atoms with Crippen LogP contribution in [0.5, 0.6) is 5.75 Å². The minimum absolute atomic E-state index is 0.00403. The van der Waals surface area contributed by atoms with Crippen molar-refractivity contribution in [3.8, 4) is 5.75 Å². The van der Waals surface area contributed by atoms with Crippen molar-refractivity contribution in [2.75, 3.05) is 16.8 Å². The number of hydrogen-bond donors (Lipinski definition) is 2. The molecular formula is C18H15F3N2O3. The lowest BCUT2D eigenvalue weighted by Gasteiger charge is -2.18. The van der Waals surface area contributed by atoms with Gasteiger partial charge in [-0.25, -0.2) is 0 Å². The SMILES string of the molecule is O=C(Nc1ccc(O)cc1)C1CC(=O)N(c2cccc(C(F)(F)F)c2)C1. The highest BCUT2D eigenvalue weighted by Gasteiger charge is 2.36. The Labute approximate surface area is 147 Å². The van der Waals surface area contributed by atoms with Crippen LogP contribution in [-0.2, 0) is 15.8 Å². The van der Waals surface area contributed by atoms with Crippen molar-refractivity contribution in [2.24, 2.45) is 5.92 Å². The van der Waals surface area contributed by atoms with Crippen LogP contribution < -0.4 is 10.2 Å². The van der Waals surface area contributed by atoms with Gasteiger partial charge in [0.05, 0.1) is 11.5 Å². The molecule has 1 aliphatic rings. The average Bonchev–Trinajstić information content (AvgIpc) is 2.98. The molecule has 0 radical (unpaired) electrons. The van der Waals surface area contributed by atoms with Crippen molar-refractivity contribution in [2.45, 2.75) is 12.6 Å². The van der Waals surface area contributed by atoms with Crippen molar-refractivity contribution in [1.29, 1.82) is 0 Å². The second-order valence-electron chi connectivity index (χ2n) is 5.99. The van der Waals surface area contributed by atoms with E-state index < -0.39 is 29.5 Å². The Kier molecular flexibility index (Phi) is 4.58. The van der Waals surface area contributed by atoms with E-state index in [0.717, 1.165) is 12.1 Å². The lowest BCUT2D eigenvalue weighted by atomic mass is 10.1. The number of nitrogens with zero attached hydrogens (tertiary/aromatic N) is 1. The number of alkyl halides is 3. The van der Waals surface area contributed by atoms with Crippen LogP contribution in [0.15, 0.2) is 48.5 Å². The standard InChI is InChI=1S/C18H15F3N2O3/c19-18(20,21)12-2-1-3-14(9-12)23-10-11(8-16(23)25)17(26)22-13-4-6-15(24)7-5-13/h1-7,9,11,24H,8,10H2,(H,22,26). The van der Waals surface area contributed by atoms with Crippen molar-refractivity contribution < 1.29 is 27.9 Å². The van der Waals surface area contributed by atoms with Crippen molar-refractivity contribution in [3.63, 3.8) is 0 Å². The Morgan fingerprint density at radius 1 is 1.15 bits per heavy atom. The number of benzene rings is 2. The van der Waals surface area contributed by atoms with Crippen LogP contribution >= 0.6 is 0 Å². The van der Waals surface area contributed by atoms with Crippen LogP contribution in [0.1, 0.15) is 12.0 Å². The minimum atomic E-state index is -4.51. The molecular weight excluding hydrogens is 349 g/mol. The first-order chi connectivity index (χ1) is 12.2. The van der Waals surface area contributed by atoms with Crippen molar-refractivity contribution in [3.05, 3.63) is 54.1 Å². The highest BCUT2D eigenvalue weighted by molar-refractivity contribution is 6.03. The number of aromatic hydroxyl groups is 1. The fraction of sp³-hybridized carbons (Fsp3) is 0.222. The van der Waals surface area contributed by atoms with E-state index in [4.69, 9.17) is 0 Å². The average molecular weight is 364 g/mol. The van der Waals surface area contributed by atoms with E-state index in [-0.39, 0.29) is 24.4 Å². The van der Waals surface area contributed by atoms with E-state index >= 15 is 0 Å². The molecule has 0 aliphatic carbocycles. The number of nitrogens with one attached hydrogen (secondary N) is 1. The minimum Gasteiger partial charge on any atom is -0.508 e. The maximum atomic E-state index is 12.8. The Morgan fingerprint density at radius 2 is 1.85 bits per heavy atom. The molecule has 136 valence electrons. The van der Waals surface area contributed by atoms with Crippen molar-refractivity contribution in [1.82, 2.24) is 0 Å². The maximum absolute atomic E-state index is 12.8. The van der Waals surface area contributed by atoms with Gasteiger partial charge in [-0.1, -0.05) is 6.07 Å². The van der Waals surface area contributed by atoms with Gasteiger partial charge >= 0.3 is 6.18 Å². The highest BCUT2D eigenvalue weighted by Crippen LogP contribution is 2.33. The topological polar surface area (TPSA) is 69.6 Å². The summed E-state index contributed by atoms with van der Waals surface area (Å²) in [6.45, 7) is 0.00403. The molecule has 1 fully saturated rings. The zero-order chi connectivity index (χ0) is 18.9. The summed E-state index contributed by atoms with van der Waals surface area (Å²) in [5, 5.41) is 11.9. The van der Waals surface area contributed by atoms with Gasteiger partial charge in [0.1, 0.15) is 5.75 Å². The Balaban J connectivity index is 1.72. The zero-order valence-corrected chi connectivity index (χ0v) is 13.5. The second kappa shape index (κ2) is 6.70. The van der Waals surface area contributed by atoms with E-state index in [1.165, 1.54) is 41.3 Å². The summed E-state index contributed by atoms with van der Waals surface area (Å²) in [5.74, 6) is -1.44. The quantitative estimate of drug-likeness (QED) is 0.820. The Bertz CT molecular complexity index is 834. The summed E-state index contributed by atoms with van der Waals surface area (Å²) < 4.78 is 38.5. The molecule has 2 N–H and O–H groups in total. The second-order valence-corrected chi connectivity index (χ2v) is 5.99. The number of carbonyl (C=O) groups is 2. The molecule has 0 aromatic heterocycles. The third-order valence-corrected chi connectivity index (χ3v) is 4.12. The normalized spacial score (nSPS) is 17.4. The molecule has 2 amide bonds. The van der Waals surface area contributed by atoms with E-state index in [1.54, 1.807) is 0 Å². The third kappa shape index (κ3) is 3.79. The monoisotopic (exact) mass is 364 g/mol. The summed E-state index contributed by atoms with van der Waals surface area (Å²) >= 11 is 0. The number of anilines is 2. The molecule has 1 unspecified atom stereocenters. The number of amides is 2. The van der Waals surface area contributed by atoms with Gasteiger partial charge in [-0.15, -0.1) is 0 Å². The lowest BCUT2D eigenvalue weighted by Crippen LogP contribution is -2.28. The maximum Gasteiger partial charge on any atom is 0.416 e. The molecule has 26 heavy (non-hydrogen) atoms. The third-order valence-electron chi connectivity index (χ3n) is 4.12. The predicted octanol–water partition coefficient (Wildman–Crippen LogP) is 3.40. The summed E-state index contributed by atoms with van der Waals surface area (Å²) in [4.78, 5) is 25.7. The number of carbonyl (C=O) groups excluding carboxylic acids is 2. The Morgan fingerprint density at radius 3 is 2.50 bits per heavy atom. The molecule has 0 saturated carbocycles. The van der Waals surface area contributed by atoms with Crippen LogP contribution in [0.3, 0.4) is 0 Å². The van der Waals surface area contributed by atoms with Crippen LogP contribution in [-0.4, -0.2) is 23.5 Å². The smallest absolute Gasteiger partial charge is 0.416 e. The molecule has 0 bridgehead atoms. The van der Waals surface area contributed by atoms with E-state index in [0.29, 0.717) is 5.69 Å². The van der Waals surface area contributed by atoms with Gasteiger partial charge in [-0.3, -0.25) is 9.59 Å². The molecule has 5 nitrogen and oxygen atoms in total. The van der Waals surface area contributed by atoms with Gasteiger partial charge in [0.15, 0.2) is 0 Å². The predicted molar refractivity (Wildman–Crippen MR) is 88.6 cm³/mol. The van der Waals surface area contributed by atoms with Gasteiger partial charge in [0, 0.05) is 24.3 Å². The van der Waals surface area contributed by atoms with E-state index in [1.807, 2.05) is 0 Å². The zero-order valence-electron chi connectivity index (χ0n) is 13.5. The Hall–Kier alpha value is -3.03. The van der Waals surface area contributed by atoms with Crippen LogP contribution in [0.25, 0.3) is 0 Å². The molecule has 1 atom stereocenters. The van der Waals surface area contributed by atoms with Gasteiger partial charge in [-0.2, -0.15) is 13.2 Å². The summed E-state index contributed by atoms with van der Waals surface area (Å²) in [6, 6.07) is 10.3. The molecule has 0 spiro atoms. The first kappa shape index (κ1) is 17.8. The summed E-state index contributed by atoms with van der Waals surface area (Å²) in [5.41, 5.74) is -0.276. The highest BCUT2D eigenvalue weighted by atomic mass is 19.4. The molecule has 2 aromatic rings. The largest absolute Gasteiger partial charge is 0.508 e. The van der Waals surface area contributed by atoms with Crippen LogP contribution in [0.2, 0.25) is 0 Å². The number of rotatable bonds is 3. The van der Waals surface area contributed by atoms with Crippen LogP contribution in [0, 0.1) is 5.92 Å². The van der Waals surface area contributed by atoms with Crippen LogP contribution in [0.4, 0.5) is 24.5 Å². The molecule has 1 heterocycles. The molecule has 1 saturated heterocycles. The van der Waals surface area contributed by atoms with E-state index in [9.17, 15) is 27.9 Å². The number of phenolic OH excluding ortho intramolecular Hbond substituents is 1. The first-order valence-corrected chi connectivity index (χ1v) is 7.81. The van der Waals surface area contributed by atoms with Crippen molar-refractivity contribution >= 4 is 23.2 Å². The fourth-order valence-corrected chi connectivity index (χ4v) is 2.77. The summed E-state index contributed by atoms with van der Waals surface area (Å²) in [7, 11) is 0. The number of phenols is 1. The van der Waals surface area contributed by atoms with E-state index in [2.05, 4.69) is 5.32 Å². The molecule has 8 heteroatoms. The number of hydrogen-bond acceptors (Lipinski definition) is 3. The molecule has 1 aliphatic heterocycles. The summed E-state index contributed by atoms with van der Waals surface area (Å²) in [6.07, 6.45) is -4.59. The number of halogens is 3. The molecule has 3 rings (SSSR count). The van der Waals surface area contributed by atoms with Gasteiger partial charge in [0.2, 0.25) is 11.8 Å².